The van der Waals surface area contributed by atoms with E-state index in [0.29, 0.717) is 37.1 Å². The number of benzene rings is 1. The standard InChI is InChI=1S/C19H23N5O5.C2H3F3O/c20-15(21)12-3-5-13(6-4-12)16(27)23-10-7-19(8-11-23)17(28)24(18(29)22-19)9-1-2-14(25)26;3-2(4,5)1-6/h3-6H,1-2,7-11H2,(H3,20,21)(H,22,29)(H,25,26);6H,1H2. The third-order valence-corrected chi connectivity index (χ3v) is 5.54. The van der Waals surface area contributed by atoms with Crippen molar-refractivity contribution < 1.29 is 42.6 Å². The summed E-state index contributed by atoms with van der Waals surface area (Å²) in [7, 11) is 0. The minimum Gasteiger partial charge on any atom is -0.481 e. The highest BCUT2D eigenvalue weighted by atomic mass is 19.4. The van der Waals surface area contributed by atoms with Crippen LogP contribution in [0.15, 0.2) is 24.3 Å². The van der Waals surface area contributed by atoms with Crippen LogP contribution in [0.3, 0.4) is 0 Å². The van der Waals surface area contributed by atoms with Crippen molar-refractivity contribution in [2.75, 3.05) is 26.2 Å². The molecule has 3 rings (SSSR count). The maximum absolute atomic E-state index is 12.8. The van der Waals surface area contributed by atoms with Gasteiger partial charge in [0.15, 0.2) is 0 Å². The van der Waals surface area contributed by atoms with E-state index < -0.39 is 30.3 Å². The smallest absolute Gasteiger partial charge is 0.411 e. The van der Waals surface area contributed by atoms with Crippen LogP contribution < -0.4 is 11.1 Å². The van der Waals surface area contributed by atoms with E-state index in [0.717, 1.165) is 4.90 Å². The molecule has 6 N–H and O–H groups in total. The summed E-state index contributed by atoms with van der Waals surface area (Å²) in [5, 5.41) is 26.1. The van der Waals surface area contributed by atoms with E-state index in [1.54, 1.807) is 29.2 Å². The average molecular weight is 501 g/mol. The molecule has 0 bridgehead atoms. The zero-order chi connectivity index (χ0) is 26.4. The number of piperidine rings is 1. The molecule has 0 aliphatic carbocycles. The second-order valence-electron chi connectivity index (χ2n) is 8.02. The zero-order valence-electron chi connectivity index (χ0n) is 18.6. The highest BCUT2D eigenvalue weighted by Gasteiger charge is 2.52. The highest BCUT2D eigenvalue weighted by molar-refractivity contribution is 6.07. The van der Waals surface area contributed by atoms with Gasteiger partial charge in [0.2, 0.25) is 0 Å². The van der Waals surface area contributed by atoms with Gasteiger partial charge in [0.1, 0.15) is 18.0 Å². The van der Waals surface area contributed by atoms with Crippen molar-refractivity contribution in [3.8, 4) is 0 Å². The fourth-order valence-corrected chi connectivity index (χ4v) is 3.67. The second kappa shape index (κ2) is 11.2. The topological polar surface area (TPSA) is 177 Å². The molecule has 192 valence electrons. The molecule has 0 atom stereocenters. The third kappa shape index (κ3) is 7.15. The Morgan fingerprint density at radius 1 is 1.11 bits per heavy atom. The quantitative estimate of drug-likeness (QED) is 0.218. The van der Waals surface area contributed by atoms with Crippen molar-refractivity contribution in [3.05, 3.63) is 35.4 Å². The van der Waals surface area contributed by atoms with Gasteiger partial charge in [-0.05, 0) is 31.4 Å². The molecule has 11 nitrogen and oxygen atoms in total. The average Bonchev–Trinajstić information content (AvgIpc) is 3.02. The largest absolute Gasteiger partial charge is 0.481 e. The number of carbonyl (C=O) groups excluding carboxylic acids is 3. The van der Waals surface area contributed by atoms with Crippen LogP contribution in [-0.2, 0) is 9.59 Å². The third-order valence-electron chi connectivity index (χ3n) is 5.54. The molecule has 0 aromatic heterocycles. The highest BCUT2D eigenvalue weighted by Crippen LogP contribution is 2.30. The van der Waals surface area contributed by atoms with Gasteiger partial charge in [-0.25, -0.2) is 4.79 Å². The molecule has 0 unspecified atom stereocenters. The second-order valence-corrected chi connectivity index (χ2v) is 8.02. The molecule has 2 fully saturated rings. The van der Waals surface area contributed by atoms with Crippen molar-refractivity contribution in [2.45, 2.75) is 37.4 Å². The summed E-state index contributed by atoms with van der Waals surface area (Å²) in [5.74, 6) is -1.60. The molecule has 2 saturated heterocycles. The Labute approximate surface area is 198 Å². The molecule has 2 heterocycles. The number of carboxylic acid groups (broad SMARTS) is 1. The Morgan fingerprint density at radius 3 is 2.09 bits per heavy atom. The minimum atomic E-state index is -4.40. The number of hydrogen-bond donors (Lipinski definition) is 5. The van der Waals surface area contributed by atoms with Crippen LogP contribution in [0.4, 0.5) is 18.0 Å². The van der Waals surface area contributed by atoms with E-state index in [1.165, 1.54) is 0 Å². The SMILES string of the molecule is N=C(N)c1ccc(C(=O)N2CCC3(CC2)NC(=O)N(CCCC(=O)O)C3=O)cc1.OCC(F)(F)F. The van der Waals surface area contributed by atoms with Gasteiger partial charge in [-0.2, -0.15) is 13.2 Å². The number of aliphatic hydroxyl groups excluding tert-OH is 1. The van der Waals surface area contributed by atoms with Crippen LogP contribution in [0.1, 0.15) is 41.6 Å². The number of carbonyl (C=O) groups is 4. The van der Waals surface area contributed by atoms with Gasteiger partial charge in [0.05, 0.1) is 0 Å². The van der Waals surface area contributed by atoms with E-state index in [2.05, 4.69) is 5.32 Å². The van der Waals surface area contributed by atoms with Gasteiger partial charge in [0.25, 0.3) is 11.8 Å². The fraction of sp³-hybridized carbons (Fsp3) is 0.476. The number of nitrogens with one attached hydrogen (secondary N) is 2. The molecule has 0 saturated carbocycles. The first-order chi connectivity index (χ1) is 16.3. The monoisotopic (exact) mass is 501 g/mol. The number of halogens is 3. The van der Waals surface area contributed by atoms with E-state index >= 15 is 0 Å². The normalized spacial score (nSPS) is 17.0. The number of likely N-dealkylation sites (tertiary alicyclic amines) is 1. The van der Waals surface area contributed by atoms with E-state index in [-0.39, 0.29) is 37.0 Å². The summed E-state index contributed by atoms with van der Waals surface area (Å²) in [4.78, 5) is 51.0. The molecule has 1 aromatic rings. The number of amides is 4. The van der Waals surface area contributed by atoms with Gasteiger partial charge in [-0.15, -0.1) is 0 Å². The molecule has 2 aliphatic heterocycles. The number of aliphatic hydroxyl groups is 1. The summed E-state index contributed by atoms with van der Waals surface area (Å²) >= 11 is 0. The van der Waals surface area contributed by atoms with Gasteiger partial charge >= 0.3 is 18.2 Å². The number of aliphatic carboxylic acids is 1. The maximum atomic E-state index is 12.8. The number of urea groups is 1. The van der Waals surface area contributed by atoms with Crippen LogP contribution in [0.5, 0.6) is 0 Å². The zero-order valence-corrected chi connectivity index (χ0v) is 18.6. The maximum Gasteiger partial charge on any atom is 0.411 e. The first-order valence-electron chi connectivity index (χ1n) is 10.6. The Hall–Kier alpha value is -3.68. The Morgan fingerprint density at radius 2 is 1.63 bits per heavy atom. The molecule has 14 heteroatoms. The number of nitrogens with zero attached hydrogens (tertiary/aromatic N) is 2. The number of imide groups is 1. The molecular weight excluding hydrogens is 475 g/mol. The molecular formula is C21H26F3N5O6. The lowest BCUT2D eigenvalue weighted by atomic mass is 9.87. The number of hydrogen-bond acceptors (Lipinski definition) is 6. The van der Waals surface area contributed by atoms with Crippen LogP contribution in [0, 0.1) is 5.41 Å². The summed E-state index contributed by atoms with van der Waals surface area (Å²) < 4.78 is 31.6. The van der Waals surface area contributed by atoms with Crippen LogP contribution in [-0.4, -0.2) is 87.6 Å². The van der Waals surface area contributed by atoms with E-state index in [4.69, 9.17) is 21.4 Å². The van der Waals surface area contributed by atoms with Crippen molar-refractivity contribution >= 4 is 29.7 Å². The first-order valence-corrected chi connectivity index (χ1v) is 10.6. The summed E-state index contributed by atoms with van der Waals surface area (Å²) in [5.41, 5.74) is 5.38. The summed E-state index contributed by atoms with van der Waals surface area (Å²) in [6, 6.07) is 5.92. The predicted molar refractivity (Wildman–Crippen MR) is 116 cm³/mol. The molecule has 1 aromatic carbocycles. The molecule has 35 heavy (non-hydrogen) atoms. The van der Waals surface area contributed by atoms with Crippen molar-refractivity contribution in [2.24, 2.45) is 5.73 Å². The van der Waals surface area contributed by atoms with Crippen LogP contribution in [0.25, 0.3) is 0 Å². The van der Waals surface area contributed by atoms with Crippen molar-refractivity contribution in [3.63, 3.8) is 0 Å². The predicted octanol–water partition coefficient (Wildman–Crippen LogP) is 0.903. The van der Waals surface area contributed by atoms with Crippen molar-refractivity contribution in [1.29, 1.82) is 5.41 Å². The van der Waals surface area contributed by atoms with Crippen molar-refractivity contribution in [1.82, 2.24) is 15.1 Å². The minimum absolute atomic E-state index is 0.0594. The Kier molecular flexibility index (Phi) is 8.79. The molecule has 4 amide bonds. The van der Waals surface area contributed by atoms with E-state index in [9.17, 15) is 32.3 Å². The molecule has 2 aliphatic rings. The van der Waals surface area contributed by atoms with E-state index in [1.807, 2.05) is 0 Å². The Balaban J connectivity index is 0.000000641. The number of nitrogens with two attached hydrogens (primary N) is 1. The summed E-state index contributed by atoms with van der Waals surface area (Å²) in [6.07, 6.45) is -3.73. The number of nitrogen functional groups attached to an aromatic ring is 1. The first kappa shape index (κ1) is 27.6. The van der Waals surface area contributed by atoms with Gasteiger partial charge < -0.3 is 26.2 Å². The molecule has 0 radical (unpaired) electrons. The lowest BCUT2D eigenvalue weighted by Gasteiger charge is -2.37. The number of amidine groups is 1. The van der Waals surface area contributed by atoms with Gasteiger partial charge in [-0.1, -0.05) is 12.1 Å². The van der Waals surface area contributed by atoms with Gasteiger partial charge in [0, 0.05) is 37.2 Å². The lowest BCUT2D eigenvalue weighted by Crippen LogP contribution is -2.55. The van der Waals surface area contributed by atoms with Crippen LogP contribution >= 0.6 is 0 Å². The number of alkyl halides is 3. The Bertz CT molecular complexity index is 975. The fourth-order valence-electron chi connectivity index (χ4n) is 3.67. The molecule has 1 spiro atoms. The summed E-state index contributed by atoms with van der Waals surface area (Å²) in [6.45, 7) is -1.05. The number of carboxylic acids is 1. The lowest BCUT2D eigenvalue weighted by molar-refractivity contribution is -0.159. The van der Waals surface area contributed by atoms with Crippen LogP contribution in [0.2, 0.25) is 0 Å². The number of rotatable bonds is 6. The van der Waals surface area contributed by atoms with Gasteiger partial charge in [-0.3, -0.25) is 24.7 Å².